The van der Waals surface area contributed by atoms with Crippen molar-refractivity contribution in [3.8, 4) is 0 Å². The molecule has 2 fully saturated rings. The first-order valence-electron chi connectivity index (χ1n) is 12.4. The van der Waals surface area contributed by atoms with Crippen molar-refractivity contribution in [2.45, 2.75) is 69.9 Å². The highest BCUT2D eigenvalue weighted by Crippen LogP contribution is 2.85. The lowest BCUT2D eigenvalue weighted by atomic mass is 9.88. The lowest BCUT2D eigenvalue weighted by Gasteiger charge is -2.46. The molecular formula is C23H35ClN2O7P2. The van der Waals surface area contributed by atoms with Gasteiger partial charge in [-0.1, -0.05) is 18.0 Å². The molecule has 0 saturated carbocycles. The molecule has 3 aliphatic heterocycles. The molecule has 2 unspecified atom stereocenters. The lowest BCUT2D eigenvalue weighted by Crippen LogP contribution is -2.53. The zero-order valence-electron chi connectivity index (χ0n) is 20.8. The number of piperidine rings is 1. The van der Waals surface area contributed by atoms with Crippen LogP contribution in [0.15, 0.2) is 18.2 Å². The molecule has 4 rings (SSSR count). The Balaban J connectivity index is 2.06. The number of carbonyl (C=O) groups is 1. The van der Waals surface area contributed by atoms with Crippen LogP contribution in [-0.4, -0.2) is 54.7 Å². The van der Waals surface area contributed by atoms with E-state index in [1.807, 2.05) is 4.90 Å². The topological polar surface area (TPSA) is 103 Å². The van der Waals surface area contributed by atoms with E-state index in [1.165, 1.54) is 0 Å². The lowest BCUT2D eigenvalue weighted by molar-refractivity contribution is -0.127. The minimum absolute atomic E-state index is 0.0750. The molecule has 0 bridgehead atoms. The van der Waals surface area contributed by atoms with Gasteiger partial charge in [-0.3, -0.25) is 18.8 Å². The van der Waals surface area contributed by atoms with Gasteiger partial charge in [0, 0.05) is 28.7 Å². The highest BCUT2D eigenvalue weighted by molar-refractivity contribution is 7.74. The highest BCUT2D eigenvalue weighted by Gasteiger charge is 2.80. The van der Waals surface area contributed by atoms with Crippen LogP contribution in [0.3, 0.4) is 0 Å². The quantitative estimate of drug-likeness (QED) is 0.356. The summed E-state index contributed by atoms with van der Waals surface area (Å²) in [5.41, 5.74) is 0.0340. The Hall–Kier alpha value is -0.760. The van der Waals surface area contributed by atoms with Crippen molar-refractivity contribution >= 4 is 38.4 Å². The third-order valence-electron chi connectivity index (χ3n) is 7.24. The molecule has 0 aliphatic carbocycles. The van der Waals surface area contributed by atoms with Crippen molar-refractivity contribution < 1.29 is 32.0 Å². The number of nitrogens with one attached hydrogen (secondary N) is 1. The van der Waals surface area contributed by atoms with Crippen molar-refractivity contribution in [2.24, 2.45) is 0 Å². The summed E-state index contributed by atoms with van der Waals surface area (Å²) in [5, 5.41) is 3.45. The van der Waals surface area contributed by atoms with Crippen molar-refractivity contribution in [3.63, 3.8) is 0 Å². The van der Waals surface area contributed by atoms with Crippen molar-refractivity contribution in [1.29, 1.82) is 0 Å². The predicted octanol–water partition coefficient (Wildman–Crippen LogP) is 5.97. The molecule has 0 aromatic heterocycles. The Labute approximate surface area is 212 Å². The van der Waals surface area contributed by atoms with E-state index in [0.29, 0.717) is 29.2 Å². The second-order valence-electron chi connectivity index (χ2n) is 8.93. The zero-order chi connectivity index (χ0) is 25.5. The summed E-state index contributed by atoms with van der Waals surface area (Å²) in [6, 6.07) is 4.64. The number of hydrogen-bond acceptors (Lipinski definition) is 8. The standard InChI is InChI=1S/C23H35ClN2O7P2/c1-5-30-34(28,31-6-2)23(35(29,32-7-3)33-8-4)16-22(26-14-10-9-11-20(23)26)18-15-17(24)12-13-19(18)25-21(22)27/h12-13,15,20H,5-11,14,16H2,1-4H3,(H,25,27). The number of halogens is 1. The average molecular weight is 549 g/mol. The fourth-order valence-electron chi connectivity index (χ4n) is 6.15. The van der Waals surface area contributed by atoms with E-state index < -0.39 is 31.7 Å². The zero-order valence-corrected chi connectivity index (χ0v) is 23.3. The molecule has 9 nitrogen and oxygen atoms in total. The largest absolute Gasteiger partial charge is 0.350 e. The van der Waals surface area contributed by atoms with Crippen molar-refractivity contribution in [2.75, 3.05) is 38.3 Å². The maximum Gasteiger partial charge on any atom is 0.350 e. The van der Waals surface area contributed by atoms with Gasteiger partial charge in [-0.05, 0) is 65.3 Å². The molecule has 3 aliphatic rings. The molecule has 1 amide bonds. The van der Waals surface area contributed by atoms with Crippen LogP contribution in [0.2, 0.25) is 5.02 Å². The van der Waals surface area contributed by atoms with Gasteiger partial charge in [-0.25, -0.2) is 0 Å². The number of nitrogens with zero attached hydrogens (tertiary/aromatic N) is 1. The Morgan fingerprint density at radius 3 is 2.11 bits per heavy atom. The molecule has 1 N–H and O–H groups in total. The summed E-state index contributed by atoms with van der Waals surface area (Å²) in [6.45, 7) is 7.70. The number of carbonyl (C=O) groups excluding carboxylic acids is 1. The summed E-state index contributed by atoms with van der Waals surface area (Å²) in [6.07, 6.45) is 2.08. The van der Waals surface area contributed by atoms with Gasteiger partial charge in [0.05, 0.1) is 26.4 Å². The van der Waals surface area contributed by atoms with Crippen LogP contribution in [0.5, 0.6) is 0 Å². The first-order valence-corrected chi connectivity index (χ1v) is 15.8. The summed E-state index contributed by atoms with van der Waals surface area (Å²) in [7, 11) is -8.33. The van der Waals surface area contributed by atoms with Crippen LogP contribution in [0.4, 0.5) is 5.69 Å². The normalized spacial score (nSPS) is 26.1. The summed E-state index contributed by atoms with van der Waals surface area (Å²) >= 11 is 6.39. The van der Waals surface area contributed by atoms with Crippen molar-refractivity contribution in [3.05, 3.63) is 28.8 Å². The van der Waals surface area contributed by atoms with E-state index in [1.54, 1.807) is 45.9 Å². The maximum absolute atomic E-state index is 14.9. The minimum atomic E-state index is -4.16. The van der Waals surface area contributed by atoms with Crippen LogP contribution < -0.4 is 5.32 Å². The van der Waals surface area contributed by atoms with Gasteiger partial charge in [0.25, 0.3) is 0 Å². The average Bonchev–Trinajstić information content (AvgIpc) is 3.29. The first-order chi connectivity index (χ1) is 16.7. The van der Waals surface area contributed by atoms with Crippen LogP contribution >= 0.6 is 26.8 Å². The summed E-state index contributed by atoms with van der Waals surface area (Å²) in [5.74, 6) is -0.275. The number of benzene rings is 1. The summed E-state index contributed by atoms with van der Waals surface area (Å²) < 4.78 is 53.4. The second kappa shape index (κ2) is 10.2. The Morgan fingerprint density at radius 2 is 1.57 bits per heavy atom. The fraction of sp³-hybridized carbons (Fsp3) is 0.696. The van der Waals surface area contributed by atoms with Crippen LogP contribution in [0.1, 0.15) is 58.9 Å². The SMILES string of the molecule is CCOP(=O)(OCC)C1(P(=O)(OCC)OCC)CC2(C(=O)Nc3ccc(Cl)cc32)N2CCCCC21. The molecular weight excluding hydrogens is 514 g/mol. The molecule has 1 aromatic carbocycles. The molecule has 1 spiro atoms. The summed E-state index contributed by atoms with van der Waals surface area (Å²) in [4.78, 5) is 14.2. The van der Waals surface area contributed by atoms with Gasteiger partial charge >= 0.3 is 15.2 Å². The molecule has 2 saturated heterocycles. The number of fused-ring (bicyclic) bond motifs is 4. The number of anilines is 1. The molecule has 3 heterocycles. The maximum atomic E-state index is 14.9. The Bertz CT molecular complexity index is 1020. The van der Waals surface area contributed by atoms with Crippen LogP contribution in [-0.2, 0) is 37.6 Å². The molecule has 12 heteroatoms. The van der Waals surface area contributed by atoms with E-state index in [-0.39, 0.29) is 38.8 Å². The first kappa shape index (κ1) is 27.3. The van der Waals surface area contributed by atoms with Gasteiger partial charge in [-0.15, -0.1) is 0 Å². The van der Waals surface area contributed by atoms with Gasteiger partial charge < -0.3 is 23.4 Å². The van der Waals surface area contributed by atoms with Crippen LogP contribution in [0.25, 0.3) is 0 Å². The highest BCUT2D eigenvalue weighted by atomic mass is 35.5. The van der Waals surface area contributed by atoms with Crippen molar-refractivity contribution in [1.82, 2.24) is 4.90 Å². The number of hydrogen-bond donors (Lipinski definition) is 1. The number of amides is 1. The molecule has 0 radical (unpaired) electrons. The molecule has 1 aromatic rings. The monoisotopic (exact) mass is 548 g/mol. The van der Waals surface area contributed by atoms with Gasteiger partial charge in [0.1, 0.15) is 5.54 Å². The van der Waals surface area contributed by atoms with E-state index in [4.69, 9.17) is 29.7 Å². The number of rotatable bonds is 10. The van der Waals surface area contributed by atoms with Gasteiger partial charge in [-0.2, -0.15) is 0 Å². The second-order valence-corrected chi connectivity index (χ2v) is 14.3. The van der Waals surface area contributed by atoms with E-state index in [2.05, 4.69) is 5.32 Å². The van der Waals surface area contributed by atoms with E-state index in [9.17, 15) is 13.9 Å². The minimum Gasteiger partial charge on any atom is -0.324 e. The predicted molar refractivity (Wildman–Crippen MR) is 135 cm³/mol. The molecule has 2 atom stereocenters. The van der Waals surface area contributed by atoms with Gasteiger partial charge in [0.2, 0.25) is 5.91 Å². The van der Waals surface area contributed by atoms with E-state index >= 15 is 0 Å². The fourth-order valence-corrected chi connectivity index (χ4v) is 12.7. The Kier molecular flexibility index (Phi) is 7.94. The molecule has 35 heavy (non-hydrogen) atoms. The third kappa shape index (κ3) is 3.90. The third-order valence-corrected chi connectivity index (χ3v) is 14.1. The Morgan fingerprint density at radius 1 is 1.00 bits per heavy atom. The molecule has 196 valence electrons. The van der Waals surface area contributed by atoms with Crippen LogP contribution in [0, 0.1) is 0 Å². The van der Waals surface area contributed by atoms with E-state index in [0.717, 1.165) is 12.8 Å². The van der Waals surface area contributed by atoms with Gasteiger partial charge in [0.15, 0.2) is 4.90 Å². The smallest absolute Gasteiger partial charge is 0.324 e.